The van der Waals surface area contributed by atoms with Gasteiger partial charge in [-0.3, -0.25) is 0 Å². The summed E-state index contributed by atoms with van der Waals surface area (Å²) in [7, 11) is -3.97. The standard InChI is InChI=1S/C36H66O4Si2/c1-17-20-35(11,12)26(2)30(39-41(13,14)32(3,4)5)19-18-28-29-23-36(37-24-34(9,10)25-38-36)22-27(29)21-31(28)40-42(15,16)33(6,7)8/h18-19,26-31H,21-25H2,1-16H3/b19-18+/t26?,27-,28-,29+,30-,31-/m1/s1. The van der Waals surface area contributed by atoms with E-state index < -0.39 is 22.4 Å². The quantitative estimate of drug-likeness (QED) is 0.154. The van der Waals surface area contributed by atoms with Crippen molar-refractivity contribution in [1.29, 1.82) is 0 Å². The van der Waals surface area contributed by atoms with E-state index >= 15 is 0 Å². The van der Waals surface area contributed by atoms with Crippen LogP contribution < -0.4 is 0 Å². The summed E-state index contributed by atoms with van der Waals surface area (Å²) in [5, 5.41) is 0.305. The first-order valence-electron chi connectivity index (χ1n) is 16.6. The van der Waals surface area contributed by atoms with Gasteiger partial charge >= 0.3 is 0 Å². The molecule has 0 aromatic rings. The maximum atomic E-state index is 7.23. The van der Waals surface area contributed by atoms with E-state index in [0.717, 1.165) is 32.5 Å². The molecule has 3 fully saturated rings. The topological polar surface area (TPSA) is 36.9 Å². The molecule has 0 radical (unpaired) electrons. The summed E-state index contributed by atoms with van der Waals surface area (Å²) in [5.74, 6) is 7.86. The molecule has 6 heteroatoms. The second-order valence-electron chi connectivity index (χ2n) is 18.3. The monoisotopic (exact) mass is 618 g/mol. The van der Waals surface area contributed by atoms with Gasteiger partial charge < -0.3 is 18.3 Å². The van der Waals surface area contributed by atoms with Gasteiger partial charge in [-0.05, 0) is 75.3 Å². The number of rotatable bonds is 8. The summed E-state index contributed by atoms with van der Waals surface area (Å²) in [6, 6.07) is 0. The number of fused-ring (bicyclic) bond motifs is 1. The Balaban J connectivity index is 1.98. The van der Waals surface area contributed by atoms with Gasteiger partial charge in [0.25, 0.3) is 0 Å². The Morgan fingerprint density at radius 3 is 1.93 bits per heavy atom. The molecule has 0 N–H and O–H groups in total. The summed E-state index contributed by atoms with van der Waals surface area (Å²) >= 11 is 0. The van der Waals surface area contributed by atoms with Crippen molar-refractivity contribution in [2.45, 2.75) is 157 Å². The third-order valence-electron chi connectivity index (χ3n) is 11.7. The van der Waals surface area contributed by atoms with Crippen molar-refractivity contribution in [3.05, 3.63) is 12.2 Å². The maximum absolute atomic E-state index is 7.23. The van der Waals surface area contributed by atoms with Crippen molar-refractivity contribution < 1.29 is 18.3 Å². The normalized spacial score (nSPS) is 29.8. The van der Waals surface area contributed by atoms with Crippen molar-refractivity contribution in [3.8, 4) is 11.8 Å². The molecule has 1 unspecified atom stereocenters. The van der Waals surface area contributed by atoms with E-state index in [4.69, 9.17) is 18.3 Å². The SMILES string of the molecule is CC#CC(C)(C)C(C)[C@@H](/C=C/[C@@H]1[C@H]2CC3(C[C@H]2C[C@H]1O[Si](C)(C)C(C)(C)C)OCC(C)(C)CO3)O[Si](C)(C)C(C)(C)C. The first-order valence-corrected chi connectivity index (χ1v) is 22.4. The van der Waals surface area contributed by atoms with Gasteiger partial charge in [0.15, 0.2) is 22.4 Å². The Labute approximate surface area is 262 Å². The lowest BCUT2D eigenvalue weighted by molar-refractivity contribution is -0.298. The second kappa shape index (κ2) is 12.1. The first kappa shape index (κ1) is 36.0. The minimum atomic E-state index is -2.03. The molecule has 3 rings (SSSR count). The molecule has 0 bridgehead atoms. The first-order chi connectivity index (χ1) is 18.9. The van der Waals surface area contributed by atoms with Crippen LogP contribution >= 0.6 is 0 Å². The van der Waals surface area contributed by atoms with Crippen LogP contribution in [0.25, 0.3) is 0 Å². The van der Waals surface area contributed by atoms with E-state index in [2.05, 4.69) is 126 Å². The zero-order valence-corrected chi connectivity index (χ0v) is 32.3. The highest BCUT2D eigenvalue weighted by molar-refractivity contribution is 6.74. The minimum absolute atomic E-state index is 0.00680. The lowest BCUT2D eigenvalue weighted by Crippen LogP contribution is -2.48. The van der Waals surface area contributed by atoms with E-state index in [9.17, 15) is 0 Å². The van der Waals surface area contributed by atoms with Crippen LogP contribution in [0, 0.1) is 46.3 Å². The Morgan fingerprint density at radius 2 is 1.43 bits per heavy atom. The van der Waals surface area contributed by atoms with Crippen LogP contribution in [0.2, 0.25) is 36.3 Å². The minimum Gasteiger partial charge on any atom is -0.413 e. The molecule has 0 amide bonds. The van der Waals surface area contributed by atoms with Gasteiger partial charge in [-0.1, -0.05) is 80.4 Å². The summed E-state index contributed by atoms with van der Waals surface area (Å²) in [6.07, 6.45) is 8.15. The molecule has 1 spiro atoms. The summed E-state index contributed by atoms with van der Waals surface area (Å²) in [4.78, 5) is 0. The largest absolute Gasteiger partial charge is 0.413 e. The molecule has 2 aliphatic carbocycles. The lowest BCUT2D eigenvalue weighted by atomic mass is 9.77. The predicted octanol–water partition coefficient (Wildman–Crippen LogP) is 9.82. The van der Waals surface area contributed by atoms with Gasteiger partial charge in [-0.2, -0.15) is 0 Å². The van der Waals surface area contributed by atoms with E-state index in [1.165, 1.54) is 0 Å². The fourth-order valence-corrected chi connectivity index (χ4v) is 9.11. The zero-order chi connectivity index (χ0) is 32.2. The van der Waals surface area contributed by atoms with Crippen molar-refractivity contribution >= 4 is 16.6 Å². The van der Waals surface area contributed by atoms with E-state index in [0.29, 0.717) is 17.8 Å². The Morgan fingerprint density at radius 1 is 0.881 bits per heavy atom. The molecule has 2 saturated carbocycles. The highest BCUT2D eigenvalue weighted by Gasteiger charge is 2.58. The average molecular weight is 619 g/mol. The Bertz CT molecular complexity index is 1020. The average Bonchev–Trinajstić information content (AvgIpc) is 3.30. The van der Waals surface area contributed by atoms with Crippen LogP contribution in [0.4, 0.5) is 0 Å². The number of ether oxygens (including phenoxy) is 2. The molecule has 1 aliphatic heterocycles. The van der Waals surface area contributed by atoms with Gasteiger partial charge in [0.1, 0.15) is 0 Å². The van der Waals surface area contributed by atoms with Crippen molar-refractivity contribution in [1.82, 2.24) is 0 Å². The summed E-state index contributed by atoms with van der Waals surface area (Å²) < 4.78 is 27.5. The third-order valence-corrected chi connectivity index (χ3v) is 20.7. The van der Waals surface area contributed by atoms with Gasteiger partial charge in [0, 0.05) is 35.5 Å². The highest BCUT2D eigenvalue weighted by Crippen LogP contribution is 2.57. The molecule has 0 aromatic carbocycles. The van der Waals surface area contributed by atoms with Gasteiger partial charge in [0.05, 0.1) is 25.4 Å². The lowest BCUT2D eigenvalue weighted by Gasteiger charge is -2.44. The molecular weight excluding hydrogens is 553 g/mol. The van der Waals surface area contributed by atoms with Crippen LogP contribution in [0.15, 0.2) is 12.2 Å². The second-order valence-corrected chi connectivity index (χ2v) is 27.8. The van der Waals surface area contributed by atoms with Gasteiger partial charge in [-0.15, -0.1) is 5.92 Å². The van der Waals surface area contributed by atoms with Gasteiger partial charge in [-0.25, -0.2) is 0 Å². The maximum Gasteiger partial charge on any atom is 0.192 e. The fourth-order valence-electron chi connectivity index (χ4n) is 6.43. The third kappa shape index (κ3) is 7.86. The molecule has 242 valence electrons. The van der Waals surface area contributed by atoms with E-state index in [-0.39, 0.29) is 39.0 Å². The summed E-state index contributed by atoms with van der Waals surface area (Å²) in [5.41, 5.74) is -0.0791. The van der Waals surface area contributed by atoms with Crippen molar-refractivity contribution in [3.63, 3.8) is 0 Å². The Kier molecular flexibility index (Phi) is 10.4. The molecule has 6 atom stereocenters. The smallest absolute Gasteiger partial charge is 0.192 e. The van der Waals surface area contributed by atoms with E-state index in [1.807, 2.05) is 6.92 Å². The molecule has 4 nitrogen and oxygen atoms in total. The number of hydrogen-bond donors (Lipinski definition) is 0. The fraction of sp³-hybridized carbons (Fsp3) is 0.889. The van der Waals surface area contributed by atoms with Crippen LogP contribution in [0.1, 0.15) is 102 Å². The van der Waals surface area contributed by atoms with Crippen molar-refractivity contribution in [2.75, 3.05) is 13.2 Å². The van der Waals surface area contributed by atoms with Crippen molar-refractivity contribution in [2.24, 2.45) is 34.5 Å². The molecule has 3 aliphatic rings. The van der Waals surface area contributed by atoms with Crippen LogP contribution in [-0.4, -0.2) is 47.8 Å². The molecular formula is C36H66O4Si2. The highest BCUT2D eigenvalue weighted by atomic mass is 28.4. The number of hydrogen-bond acceptors (Lipinski definition) is 4. The molecule has 42 heavy (non-hydrogen) atoms. The van der Waals surface area contributed by atoms with Crippen LogP contribution in [0.3, 0.4) is 0 Å². The molecule has 1 heterocycles. The van der Waals surface area contributed by atoms with Gasteiger partial charge in [0.2, 0.25) is 0 Å². The predicted molar refractivity (Wildman–Crippen MR) is 182 cm³/mol. The molecule has 0 aromatic heterocycles. The van der Waals surface area contributed by atoms with Crippen LogP contribution in [-0.2, 0) is 18.3 Å². The zero-order valence-electron chi connectivity index (χ0n) is 30.3. The molecule has 1 saturated heterocycles. The Hall–Kier alpha value is -0.426. The summed E-state index contributed by atoms with van der Waals surface area (Å²) in [6.45, 7) is 38.4. The van der Waals surface area contributed by atoms with Crippen LogP contribution in [0.5, 0.6) is 0 Å². The van der Waals surface area contributed by atoms with E-state index in [1.54, 1.807) is 0 Å².